The Morgan fingerprint density at radius 1 is 1.14 bits per heavy atom. The molecule has 2 unspecified atom stereocenters. The van der Waals surface area contributed by atoms with Gasteiger partial charge in [0.05, 0.1) is 23.7 Å². The van der Waals surface area contributed by atoms with Crippen molar-refractivity contribution in [1.82, 2.24) is 4.90 Å². The highest BCUT2D eigenvalue weighted by Crippen LogP contribution is 2.34. The van der Waals surface area contributed by atoms with Crippen LogP contribution in [0.25, 0.3) is 0 Å². The van der Waals surface area contributed by atoms with Crippen molar-refractivity contribution < 1.29 is 22.8 Å². The Kier molecular flexibility index (Phi) is 9.92. The fourth-order valence-corrected chi connectivity index (χ4v) is 3.60. The summed E-state index contributed by atoms with van der Waals surface area (Å²) in [7, 11) is 0. The van der Waals surface area contributed by atoms with Gasteiger partial charge in [-0.3, -0.25) is 9.59 Å². The number of carbonyl (C=O) groups is 2. The van der Waals surface area contributed by atoms with Gasteiger partial charge in [-0.1, -0.05) is 37.8 Å². The molecular weight excluding hydrogens is 407 g/mol. The third-order valence-corrected chi connectivity index (χ3v) is 5.17. The maximum absolute atomic E-state index is 13.1. The maximum Gasteiger partial charge on any atom is 0.418 e. The summed E-state index contributed by atoms with van der Waals surface area (Å²) in [5.41, 5.74) is 4.96. The zero-order valence-electron chi connectivity index (χ0n) is 16.5. The number of rotatable bonds is 5. The van der Waals surface area contributed by atoms with Crippen LogP contribution in [0.5, 0.6) is 0 Å². The number of hydrogen-bond donors (Lipinski definition) is 2. The smallest absolute Gasteiger partial charge is 0.333 e. The van der Waals surface area contributed by atoms with Crippen LogP contribution in [0.1, 0.15) is 51.0 Å². The Labute approximate surface area is 175 Å². The van der Waals surface area contributed by atoms with Crippen LogP contribution in [0.4, 0.5) is 18.9 Å². The Bertz CT molecular complexity index is 685. The molecule has 1 aliphatic carbocycles. The van der Waals surface area contributed by atoms with E-state index in [-0.39, 0.29) is 49.1 Å². The Balaban J connectivity index is 0.00000420. The highest BCUT2D eigenvalue weighted by atomic mass is 35.5. The second-order valence-electron chi connectivity index (χ2n) is 7.21. The standard InChI is InChI=1S/C20H28F3N3O2.ClH/c1-2-26(19(28)14-9-5-3-4-6-11-16(14)24)13-18(27)25-17-12-8-7-10-15(17)20(21,22)23;/h7-8,10,12,14,16H,2-6,9,11,13,24H2,1H3,(H,25,27);1H. The van der Waals surface area contributed by atoms with Crippen LogP contribution in [0.2, 0.25) is 0 Å². The molecule has 9 heteroatoms. The van der Waals surface area contributed by atoms with Crippen molar-refractivity contribution in [1.29, 1.82) is 0 Å². The van der Waals surface area contributed by atoms with E-state index in [2.05, 4.69) is 5.32 Å². The van der Waals surface area contributed by atoms with E-state index in [1.807, 2.05) is 0 Å². The lowest BCUT2D eigenvalue weighted by Gasteiger charge is -2.30. The van der Waals surface area contributed by atoms with Gasteiger partial charge in [-0.25, -0.2) is 0 Å². The fourth-order valence-electron chi connectivity index (χ4n) is 3.60. The van der Waals surface area contributed by atoms with Crippen molar-refractivity contribution in [2.75, 3.05) is 18.4 Å². The summed E-state index contributed by atoms with van der Waals surface area (Å²) < 4.78 is 39.3. The number of nitrogens with zero attached hydrogens (tertiary/aromatic N) is 1. The molecule has 0 bridgehead atoms. The molecule has 1 aromatic rings. The normalized spacial score (nSPS) is 20.0. The summed E-state index contributed by atoms with van der Waals surface area (Å²) in [6.45, 7) is 1.73. The average Bonchev–Trinajstić information content (AvgIpc) is 2.62. The zero-order chi connectivity index (χ0) is 20.7. The van der Waals surface area contributed by atoms with Gasteiger partial charge in [0, 0.05) is 12.6 Å². The molecule has 2 rings (SSSR count). The second-order valence-corrected chi connectivity index (χ2v) is 7.21. The van der Waals surface area contributed by atoms with Crippen LogP contribution in [-0.4, -0.2) is 35.8 Å². The number of halogens is 4. The summed E-state index contributed by atoms with van der Waals surface area (Å²) >= 11 is 0. The van der Waals surface area contributed by atoms with Crippen LogP contribution >= 0.6 is 12.4 Å². The topological polar surface area (TPSA) is 75.4 Å². The van der Waals surface area contributed by atoms with Crippen molar-refractivity contribution in [2.45, 2.75) is 57.7 Å². The van der Waals surface area contributed by atoms with Crippen LogP contribution < -0.4 is 11.1 Å². The molecule has 1 aromatic carbocycles. The van der Waals surface area contributed by atoms with Gasteiger partial charge in [0.15, 0.2) is 0 Å². The third-order valence-electron chi connectivity index (χ3n) is 5.17. The zero-order valence-corrected chi connectivity index (χ0v) is 17.3. The number of alkyl halides is 3. The molecule has 1 saturated carbocycles. The first-order valence-electron chi connectivity index (χ1n) is 9.74. The van der Waals surface area contributed by atoms with E-state index in [0.717, 1.165) is 38.2 Å². The minimum absolute atomic E-state index is 0. The summed E-state index contributed by atoms with van der Waals surface area (Å²) in [6, 6.07) is 4.53. The molecule has 2 amide bonds. The fraction of sp³-hybridized carbons (Fsp3) is 0.600. The Hall–Kier alpha value is -1.80. The van der Waals surface area contributed by atoms with Gasteiger partial charge < -0.3 is 16.0 Å². The first-order valence-corrected chi connectivity index (χ1v) is 9.74. The minimum Gasteiger partial charge on any atom is -0.333 e. The van der Waals surface area contributed by atoms with E-state index < -0.39 is 17.6 Å². The first-order chi connectivity index (χ1) is 13.2. The largest absolute Gasteiger partial charge is 0.418 e. The van der Waals surface area contributed by atoms with Crippen molar-refractivity contribution in [2.24, 2.45) is 11.7 Å². The molecule has 0 heterocycles. The van der Waals surface area contributed by atoms with Gasteiger partial charge in [-0.15, -0.1) is 12.4 Å². The molecule has 2 atom stereocenters. The van der Waals surface area contributed by atoms with Crippen LogP contribution in [-0.2, 0) is 15.8 Å². The van der Waals surface area contributed by atoms with Crippen molar-refractivity contribution in [3.8, 4) is 0 Å². The lowest BCUT2D eigenvalue weighted by atomic mass is 9.86. The van der Waals surface area contributed by atoms with Gasteiger partial charge in [-0.05, 0) is 31.9 Å². The van der Waals surface area contributed by atoms with E-state index in [1.165, 1.54) is 23.1 Å². The third kappa shape index (κ3) is 7.19. The highest BCUT2D eigenvalue weighted by Gasteiger charge is 2.34. The van der Waals surface area contributed by atoms with Crippen LogP contribution in [0.3, 0.4) is 0 Å². The predicted molar refractivity (Wildman–Crippen MR) is 109 cm³/mol. The molecule has 0 aliphatic heterocycles. The summed E-state index contributed by atoms with van der Waals surface area (Å²) in [5, 5.41) is 2.29. The first kappa shape index (κ1) is 25.2. The number of para-hydroxylation sites is 1. The Morgan fingerprint density at radius 2 is 1.76 bits per heavy atom. The van der Waals surface area contributed by atoms with Gasteiger partial charge in [0.2, 0.25) is 11.8 Å². The van der Waals surface area contributed by atoms with E-state index in [1.54, 1.807) is 6.92 Å². The number of benzene rings is 1. The number of anilines is 1. The maximum atomic E-state index is 13.1. The number of amides is 2. The second kappa shape index (κ2) is 11.4. The van der Waals surface area contributed by atoms with Crippen LogP contribution in [0.15, 0.2) is 24.3 Å². The number of nitrogens with one attached hydrogen (secondary N) is 1. The van der Waals surface area contributed by atoms with Crippen molar-refractivity contribution in [3.63, 3.8) is 0 Å². The van der Waals surface area contributed by atoms with E-state index >= 15 is 0 Å². The monoisotopic (exact) mass is 435 g/mol. The van der Waals surface area contributed by atoms with E-state index in [4.69, 9.17) is 5.73 Å². The van der Waals surface area contributed by atoms with Gasteiger partial charge >= 0.3 is 6.18 Å². The predicted octanol–water partition coefficient (Wildman–Crippen LogP) is 4.21. The summed E-state index contributed by atoms with van der Waals surface area (Å²) in [5.74, 6) is -1.21. The Morgan fingerprint density at radius 3 is 2.38 bits per heavy atom. The van der Waals surface area contributed by atoms with Crippen molar-refractivity contribution in [3.05, 3.63) is 29.8 Å². The summed E-state index contributed by atoms with van der Waals surface area (Å²) in [6.07, 6.45) is 0.910. The number of likely N-dealkylation sites (N-methyl/N-ethyl adjacent to an activating group) is 1. The lowest BCUT2D eigenvalue weighted by molar-refractivity contribution is -0.139. The number of hydrogen-bond acceptors (Lipinski definition) is 3. The molecule has 1 aliphatic rings. The molecule has 3 N–H and O–H groups in total. The molecular formula is C20H29ClF3N3O2. The molecule has 0 aromatic heterocycles. The number of carbonyl (C=O) groups excluding carboxylic acids is 2. The minimum atomic E-state index is -4.57. The molecule has 5 nitrogen and oxygen atoms in total. The lowest BCUT2D eigenvalue weighted by Crippen LogP contribution is -2.47. The van der Waals surface area contributed by atoms with E-state index in [9.17, 15) is 22.8 Å². The molecule has 29 heavy (non-hydrogen) atoms. The average molecular weight is 436 g/mol. The van der Waals surface area contributed by atoms with Gasteiger partial charge in [0.25, 0.3) is 0 Å². The highest BCUT2D eigenvalue weighted by molar-refractivity contribution is 5.95. The molecule has 0 saturated heterocycles. The van der Waals surface area contributed by atoms with Gasteiger partial charge in [-0.2, -0.15) is 13.2 Å². The molecule has 164 valence electrons. The molecule has 1 fully saturated rings. The quantitative estimate of drug-likeness (QED) is 0.727. The number of nitrogens with two attached hydrogens (primary N) is 1. The van der Waals surface area contributed by atoms with E-state index in [0.29, 0.717) is 6.42 Å². The van der Waals surface area contributed by atoms with Crippen LogP contribution in [0, 0.1) is 5.92 Å². The summed E-state index contributed by atoms with van der Waals surface area (Å²) in [4.78, 5) is 26.6. The molecule has 0 spiro atoms. The van der Waals surface area contributed by atoms with Crippen molar-refractivity contribution >= 4 is 29.9 Å². The molecule has 0 radical (unpaired) electrons. The SMILES string of the molecule is CCN(CC(=O)Nc1ccccc1C(F)(F)F)C(=O)C1CCCCCCC1N.Cl. The van der Waals surface area contributed by atoms with Gasteiger partial charge in [0.1, 0.15) is 0 Å².